The molecule has 47 heavy (non-hydrogen) atoms. The van der Waals surface area contributed by atoms with E-state index in [2.05, 4.69) is 36.4 Å². The van der Waals surface area contributed by atoms with E-state index >= 15 is 0 Å². The Bertz CT molecular complexity index is 1580. The Morgan fingerprint density at radius 1 is 1.23 bits per heavy atom. The summed E-state index contributed by atoms with van der Waals surface area (Å²) in [5.41, 5.74) is 0.529. The van der Waals surface area contributed by atoms with Gasteiger partial charge in [0.15, 0.2) is 0 Å². The molecule has 0 spiro atoms. The molecule has 0 bridgehead atoms. The second-order valence-electron chi connectivity index (χ2n) is 13.1. The monoisotopic (exact) mass is 666 g/mol. The van der Waals surface area contributed by atoms with Crippen LogP contribution in [0.1, 0.15) is 60.1 Å². The van der Waals surface area contributed by atoms with Crippen molar-refractivity contribution in [2.45, 2.75) is 77.7 Å². The first-order chi connectivity index (χ1) is 22.2. The molecule has 4 rings (SSSR count). The molecule has 2 N–H and O–H groups in total. The van der Waals surface area contributed by atoms with Gasteiger partial charge in [0.25, 0.3) is 0 Å². The summed E-state index contributed by atoms with van der Waals surface area (Å²) in [4.78, 5) is 46.3. The fourth-order valence-electron chi connectivity index (χ4n) is 5.52. The number of nitrogens with one attached hydrogen (secondary N) is 2. The van der Waals surface area contributed by atoms with Crippen LogP contribution >= 0.6 is 12.6 Å². The number of methoxy groups -OCH3 is 1. The number of esters is 1. The molecule has 1 saturated carbocycles. The third-order valence-corrected chi connectivity index (χ3v) is 8.39. The molecule has 0 radical (unpaired) electrons. The normalized spacial score (nSPS) is 22.4. The number of ether oxygens (including phenoxy) is 4. The second-order valence-corrected chi connectivity index (χ2v) is 13.3. The molecule has 2 aromatic rings. The molecule has 2 aliphatic rings. The van der Waals surface area contributed by atoms with Crippen molar-refractivity contribution >= 4 is 47.2 Å². The van der Waals surface area contributed by atoms with Gasteiger partial charge in [-0.05, 0) is 57.6 Å². The van der Waals surface area contributed by atoms with Crippen LogP contribution in [0.25, 0.3) is 16.6 Å². The van der Waals surface area contributed by atoms with Gasteiger partial charge >= 0.3 is 12.1 Å². The van der Waals surface area contributed by atoms with Gasteiger partial charge < -0.3 is 29.6 Å². The van der Waals surface area contributed by atoms with E-state index in [1.165, 1.54) is 4.90 Å². The van der Waals surface area contributed by atoms with Crippen LogP contribution in [0, 0.1) is 11.8 Å². The largest absolute Gasteiger partial charge is 0.497 e. The molecule has 1 aromatic heterocycles. The topological polar surface area (TPSA) is 128 Å². The number of nitrogens with zero attached hydrogens (tertiary/aromatic N) is 2. The van der Waals surface area contributed by atoms with Crippen LogP contribution in [0.4, 0.5) is 4.79 Å². The molecule has 2 fully saturated rings. The van der Waals surface area contributed by atoms with Crippen molar-refractivity contribution in [1.29, 1.82) is 0 Å². The molecule has 11 nitrogen and oxygen atoms in total. The first-order valence-corrected chi connectivity index (χ1v) is 16.2. The molecule has 1 aliphatic carbocycles. The minimum atomic E-state index is -1.22. The van der Waals surface area contributed by atoms with E-state index in [1.807, 2.05) is 26.0 Å². The van der Waals surface area contributed by atoms with E-state index in [4.69, 9.17) is 23.9 Å². The number of hydrogen-bond acceptors (Lipinski definition) is 10. The Balaban J connectivity index is 1.67. The summed E-state index contributed by atoms with van der Waals surface area (Å²) < 4.78 is 23.0. The van der Waals surface area contributed by atoms with Gasteiger partial charge in [-0.25, -0.2) is 14.6 Å². The molecule has 1 aromatic carbocycles. The van der Waals surface area contributed by atoms with Crippen LogP contribution < -0.4 is 20.1 Å². The average molecular weight is 667 g/mol. The standard InChI is InChI=1S/C35H46N4O7S/c1-10-22-17-35(22,32(41)44-11-2)38-31(40)29-15-24(18-39(29)33(42)46-34(6,7)8)45-30-16-26(21(5)36-28(19-47)20(3)4)37-27-14-23(43-9)12-13-25(27)30/h10,12-14,16,19-20,22,24,29,36,47H,1,5,11,15,17-18H2,2-4,6-9H3,(H,38,40)/b28-19-/t22-,24-,29+,35-/m1/s1. The Labute approximate surface area is 282 Å². The lowest BCUT2D eigenvalue weighted by atomic mass is 10.1. The number of fused-ring (bicyclic) bond motifs is 1. The molecule has 12 heteroatoms. The lowest BCUT2D eigenvalue weighted by Crippen LogP contribution is -2.53. The number of pyridine rings is 1. The highest BCUT2D eigenvalue weighted by Crippen LogP contribution is 2.46. The molecular weight excluding hydrogens is 620 g/mol. The van der Waals surface area contributed by atoms with Crippen molar-refractivity contribution in [1.82, 2.24) is 20.5 Å². The van der Waals surface area contributed by atoms with Crippen LogP contribution in [0.3, 0.4) is 0 Å². The molecule has 1 saturated heterocycles. The lowest BCUT2D eigenvalue weighted by Gasteiger charge is -2.28. The average Bonchev–Trinajstić information content (AvgIpc) is 3.56. The zero-order chi connectivity index (χ0) is 34.7. The summed E-state index contributed by atoms with van der Waals surface area (Å²) in [5, 5.41) is 8.57. The van der Waals surface area contributed by atoms with Crippen LogP contribution in [-0.2, 0) is 19.1 Å². The predicted molar refractivity (Wildman–Crippen MR) is 184 cm³/mol. The highest BCUT2D eigenvalue weighted by molar-refractivity contribution is 7.83. The van der Waals surface area contributed by atoms with E-state index in [0.29, 0.717) is 40.2 Å². The number of allylic oxidation sites excluding steroid dienone is 1. The molecule has 0 unspecified atom stereocenters. The second kappa shape index (κ2) is 14.3. The number of amides is 2. The summed E-state index contributed by atoms with van der Waals surface area (Å²) in [5.74, 6) is -0.0252. The molecule has 4 atom stereocenters. The molecule has 1 aliphatic heterocycles. The third-order valence-electron chi connectivity index (χ3n) is 8.12. The minimum Gasteiger partial charge on any atom is -0.497 e. The number of likely N-dealkylation sites (tertiary alicyclic amines) is 1. The van der Waals surface area contributed by atoms with Crippen LogP contribution in [0.2, 0.25) is 0 Å². The molecule has 2 heterocycles. The number of thiol groups is 1. The summed E-state index contributed by atoms with van der Waals surface area (Å²) in [6.45, 7) is 19.3. The summed E-state index contributed by atoms with van der Waals surface area (Å²) >= 11 is 4.33. The van der Waals surface area contributed by atoms with Crippen molar-refractivity contribution in [3.05, 3.63) is 60.3 Å². The Morgan fingerprint density at radius 2 is 1.96 bits per heavy atom. The highest BCUT2D eigenvalue weighted by Gasteiger charge is 2.62. The lowest BCUT2D eigenvalue weighted by molar-refractivity contribution is -0.149. The zero-order valence-corrected chi connectivity index (χ0v) is 29.1. The van der Waals surface area contributed by atoms with Crippen LogP contribution in [0.5, 0.6) is 11.5 Å². The quantitative estimate of drug-likeness (QED) is 0.150. The number of rotatable bonds is 12. The van der Waals surface area contributed by atoms with E-state index in [-0.39, 0.29) is 31.4 Å². The van der Waals surface area contributed by atoms with Crippen molar-refractivity contribution in [2.24, 2.45) is 11.8 Å². The predicted octanol–water partition coefficient (Wildman–Crippen LogP) is 5.61. The first-order valence-electron chi connectivity index (χ1n) is 15.7. The Kier molecular flexibility index (Phi) is 10.8. The summed E-state index contributed by atoms with van der Waals surface area (Å²) in [6.07, 6.45) is 0.887. The van der Waals surface area contributed by atoms with E-state index < -0.39 is 41.3 Å². The maximum atomic E-state index is 13.8. The van der Waals surface area contributed by atoms with Crippen LogP contribution in [0.15, 0.2) is 54.6 Å². The van der Waals surface area contributed by atoms with Crippen molar-refractivity contribution < 1.29 is 33.3 Å². The number of hydrogen-bond donors (Lipinski definition) is 3. The van der Waals surface area contributed by atoms with Crippen molar-refractivity contribution in [2.75, 3.05) is 20.3 Å². The fourth-order valence-corrected chi connectivity index (χ4v) is 5.88. The number of carbonyl (C=O) groups excluding carboxylic acids is 3. The van der Waals surface area contributed by atoms with E-state index in [1.54, 1.807) is 58.4 Å². The number of aromatic nitrogens is 1. The molecule has 2 amide bonds. The van der Waals surface area contributed by atoms with Gasteiger partial charge in [-0.3, -0.25) is 9.69 Å². The van der Waals surface area contributed by atoms with Gasteiger partial charge in [-0.1, -0.05) is 26.5 Å². The third kappa shape index (κ3) is 8.04. The van der Waals surface area contributed by atoms with Crippen LogP contribution in [-0.4, -0.2) is 71.4 Å². The van der Waals surface area contributed by atoms with Gasteiger partial charge in [0.2, 0.25) is 5.91 Å². The molecule has 254 valence electrons. The van der Waals surface area contributed by atoms with E-state index in [0.717, 1.165) is 5.70 Å². The Hall–Kier alpha value is -4.19. The maximum absolute atomic E-state index is 13.8. The summed E-state index contributed by atoms with van der Waals surface area (Å²) in [7, 11) is 1.58. The van der Waals surface area contributed by atoms with Gasteiger partial charge in [0.05, 0.1) is 37.2 Å². The maximum Gasteiger partial charge on any atom is 0.411 e. The van der Waals surface area contributed by atoms with E-state index in [9.17, 15) is 14.4 Å². The minimum absolute atomic E-state index is 0.0681. The Morgan fingerprint density at radius 3 is 2.53 bits per heavy atom. The highest BCUT2D eigenvalue weighted by atomic mass is 32.1. The van der Waals surface area contributed by atoms with Gasteiger partial charge in [0.1, 0.15) is 34.8 Å². The van der Waals surface area contributed by atoms with Gasteiger partial charge in [-0.15, -0.1) is 19.2 Å². The number of carbonyl (C=O) groups is 3. The summed E-state index contributed by atoms with van der Waals surface area (Å²) in [6, 6.07) is 6.27. The van der Waals surface area contributed by atoms with Crippen molar-refractivity contribution in [3.8, 4) is 11.5 Å². The van der Waals surface area contributed by atoms with Gasteiger partial charge in [0, 0.05) is 35.6 Å². The fraction of sp³-hybridized carbons (Fsp3) is 0.486. The SMILES string of the molecule is C=C[C@@H]1C[C@]1(NC(=O)[C@@H]1C[C@@H](Oc2cc(C(=C)N/C(=C\S)C(C)C)nc3cc(OC)ccc23)CN1C(=O)OC(C)(C)C)C(=O)OCC. The number of benzene rings is 1. The van der Waals surface area contributed by atoms with Gasteiger partial charge in [-0.2, -0.15) is 0 Å². The first kappa shape index (κ1) is 35.7. The molecular formula is C35H46N4O7S. The zero-order valence-electron chi connectivity index (χ0n) is 28.2. The smallest absolute Gasteiger partial charge is 0.411 e. The van der Waals surface area contributed by atoms with Crippen molar-refractivity contribution in [3.63, 3.8) is 0 Å².